The molecule has 0 unspecified atom stereocenters. The van der Waals surface area contributed by atoms with Crippen molar-refractivity contribution in [2.45, 2.75) is 18.4 Å². The first-order valence-corrected chi connectivity index (χ1v) is 10.6. The van der Waals surface area contributed by atoms with Crippen LogP contribution in [0, 0.1) is 0 Å². The number of thiazole rings is 1. The third kappa shape index (κ3) is 4.66. The lowest BCUT2D eigenvalue weighted by molar-refractivity contribution is 0.0464. The van der Waals surface area contributed by atoms with E-state index in [1.54, 1.807) is 32.0 Å². The molecule has 28 heavy (non-hydrogen) atoms. The van der Waals surface area contributed by atoms with E-state index in [0.29, 0.717) is 22.8 Å². The Morgan fingerprint density at radius 3 is 2.64 bits per heavy atom. The van der Waals surface area contributed by atoms with Gasteiger partial charge in [-0.3, -0.25) is 0 Å². The maximum atomic E-state index is 12.5. The summed E-state index contributed by atoms with van der Waals surface area (Å²) in [6.07, 6.45) is 0. The van der Waals surface area contributed by atoms with Crippen molar-refractivity contribution in [3.63, 3.8) is 0 Å². The molecule has 3 rings (SSSR count). The third-order valence-electron chi connectivity index (χ3n) is 3.94. The first-order valence-electron chi connectivity index (χ1n) is 8.72. The van der Waals surface area contributed by atoms with Gasteiger partial charge < -0.3 is 14.2 Å². The molecule has 0 bridgehead atoms. The molecular formula is C21H21NO4S2. The molecule has 1 heterocycles. The molecule has 7 heteroatoms. The monoisotopic (exact) mass is 415 g/mol. The molecule has 0 aliphatic rings. The molecule has 0 radical (unpaired) electrons. The maximum absolute atomic E-state index is 12.5. The van der Waals surface area contributed by atoms with E-state index in [0.717, 1.165) is 21.2 Å². The number of methoxy groups -OCH3 is 2. The lowest BCUT2D eigenvalue weighted by Crippen LogP contribution is -2.07. The van der Waals surface area contributed by atoms with Crippen molar-refractivity contribution in [2.24, 2.45) is 0 Å². The smallest absolute Gasteiger partial charge is 0.339 e. The molecule has 0 aliphatic heterocycles. The largest absolute Gasteiger partial charge is 0.493 e. The fourth-order valence-corrected chi connectivity index (χ4v) is 4.20. The van der Waals surface area contributed by atoms with Crippen LogP contribution >= 0.6 is 23.1 Å². The normalized spacial score (nSPS) is 10.5. The van der Waals surface area contributed by atoms with Gasteiger partial charge in [-0.25, -0.2) is 9.78 Å². The first-order chi connectivity index (χ1) is 13.7. The highest BCUT2D eigenvalue weighted by Gasteiger charge is 2.14. The Labute approximate surface area is 172 Å². The molecule has 0 saturated carbocycles. The zero-order valence-corrected chi connectivity index (χ0v) is 17.6. The SMILES string of the molecule is CCSc1ccccc1C(=O)OCc1csc(-c2ccc(OC)c(OC)c2)n1. The van der Waals surface area contributed by atoms with Crippen LogP contribution in [0.1, 0.15) is 23.0 Å². The molecule has 2 aromatic carbocycles. The van der Waals surface area contributed by atoms with Gasteiger partial charge in [0.2, 0.25) is 0 Å². The van der Waals surface area contributed by atoms with Crippen molar-refractivity contribution in [1.82, 2.24) is 4.98 Å². The molecule has 0 spiro atoms. The highest BCUT2D eigenvalue weighted by molar-refractivity contribution is 7.99. The molecular weight excluding hydrogens is 394 g/mol. The molecule has 0 fully saturated rings. The average molecular weight is 416 g/mol. The fraction of sp³-hybridized carbons (Fsp3) is 0.238. The maximum Gasteiger partial charge on any atom is 0.339 e. The predicted molar refractivity (Wildman–Crippen MR) is 113 cm³/mol. The van der Waals surface area contributed by atoms with E-state index >= 15 is 0 Å². The third-order valence-corrected chi connectivity index (χ3v) is 5.84. The van der Waals surface area contributed by atoms with Crippen LogP contribution in [0.25, 0.3) is 10.6 Å². The van der Waals surface area contributed by atoms with Crippen molar-refractivity contribution in [3.8, 4) is 22.1 Å². The van der Waals surface area contributed by atoms with Crippen molar-refractivity contribution < 1.29 is 19.0 Å². The average Bonchev–Trinajstić information content (AvgIpc) is 3.21. The summed E-state index contributed by atoms with van der Waals surface area (Å²) in [6, 6.07) is 13.1. The summed E-state index contributed by atoms with van der Waals surface area (Å²) in [7, 11) is 3.20. The Balaban J connectivity index is 1.69. The minimum atomic E-state index is -0.336. The van der Waals surface area contributed by atoms with E-state index in [1.165, 1.54) is 11.3 Å². The molecule has 0 N–H and O–H groups in total. The Hall–Kier alpha value is -2.51. The second-order valence-corrected chi connectivity index (χ2v) is 7.88. The summed E-state index contributed by atoms with van der Waals surface area (Å²) in [6.45, 7) is 2.19. The Morgan fingerprint density at radius 1 is 1.11 bits per heavy atom. The van der Waals surface area contributed by atoms with Gasteiger partial charge in [-0.05, 0) is 36.1 Å². The molecule has 0 atom stereocenters. The minimum Gasteiger partial charge on any atom is -0.493 e. The molecule has 0 amide bonds. The zero-order valence-electron chi connectivity index (χ0n) is 15.9. The number of benzene rings is 2. The van der Waals surface area contributed by atoms with Gasteiger partial charge in [0, 0.05) is 15.8 Å². The van der Waals surface area contributed by atoms with Gasteiger partial charge in [-0.1, -0.05) is 19.1 Å². The summed E-state index contributed by atoms with van der Waals surface area (Å²) in [5.41, 5.74) is 2.22. The second kappa shape index (κ2) is 9.61. The number of aromatic nitrogens is 1. The van der Waals surface area contributed by atoms with Gasteiger partial charge in [0.05, 0.1) is 25.5 Å². The Bertz CT molecular complexity index is 955. The van der Waals surface area contributed by atoms with Crippen LogP contribution in [0.3, 0.4) is 0 Å². The summed E-state index contributed by atoms with van der Waals surface area (Å²) >= 11 is 3.11. The lowest BCUT2D eigenvalue weighted by atomic mass is 10.2. The minimum absolute atomic E-state index is 0.133. The van der Waals surface area contributed by atoms with Crippen LogP contribution in [0.2, 0.25) is 0 Å². The number of thioether (sulfide) groups is 1. The van der Waals surface area contributed by atoms with Crippen molar-refractivity contribution in [1.29, 1.82) is 0 Å². The van der Waals surface area contributed by atoms with Gasteiger partial charge in [-0.15, -0.1) is 23.1 Å². The van der Waals surface area contributed by atoms with Gasteiger partial charge in [0.15, 0.2) is 11.5 Å². The molecule has 0 aliphatic carbocycles. The van der Waals surface area contributed by atoms with Crippen molar-refractivity contribution in [2.75, 3.05) is 20.0 Å². The van der Waals surface area contributed by atoms with E-state index in [-0.39, 0.29) is 12.6 Å². The summed E-state index contributed by atoms with van der Waals surface area (Å²) < 4.78 is 16.1. The number of carbonyl (C=O) groups is 1. The number of hydrogen-bond acceptors (Lipinski definition) is 7. The predicted octanol–water partition coefficient (Wildman–Crippen LogP) is 5.30. The Morgan fingerprint density at radius 2 is 1.89 bits per heavy atom. The van der Waals surface area contributed by atoms with Crippen LogP contribution < -0.4 is 9.47 Å². The molecule has 3 aromatic rings. The van der Waals surface area contributed by atoms with E-state index in [9.17, 15) is 4.79 Å². The van der Waals surface area contributed by atoms with E-state index < -0.39 is 0 Å². The van der Waals surface area contributed by atoms with E-state index in [4.69, 9.17) is 14.2 Å². The zero-order chi connectivity index (χ0) is 19.9. The fourth-order valence-electron chi connectivity index (χ4n) is 2.61. The number of rotatable bonds is 8. The Kier molecular flexibility index (Phi) is 6.95. The van der Waals surface area contributed by atoms with Crippen LogP contribution in [-0.2, 0) is 11.3 Å². The molecule has 146 valence electrons. The number of carbonyl (C=O) groups excluding carboxylic acids is 1. The molecule has 1 aromatic heterocycles. The topological polar surface area (TPSA) is 57.7 Å². The molecule has 5 nitrogen and oxygen atoms in total. The second-order valence-electron chi connectivity index (χ2n) is 5.72. The van der Waals surface area contributed by atoms with Crippen molar-refractivity contribution in [3.05, 3.63) is 59.1 Å². The van der Waals surface area contributed by atoms with Crippen LogP contribution in [0.15, 0.2) is 52.7 Å². The summed E-state index contributed by atoms with van der Waals surface area (Å²) in [5, 5.41) is 2.72. The van der Waals surface area contributed by atoms with Crippen LogP contribution in [0.5, 0.6) is 11.5 Å². The van der Waals surface area contributed by atoms with Crippen LogP contribution in [0.4, 0.5) is 0 Å². The highest BCUT2D eigenvalue weighted by Crippen LogP contribution is 2.33. The summed E-state index contributed by atoms with van der Waals surface area (Å²) in [5.74, 6) is 1.87. The van der Waals surface area contributed by atoms with Gasteiger partial charge in [0.1, 0.15) is 11.6 Å². The highest BCUT2D eigenvalue weighted by atomic mass is 32.2. The summed E-state index contributed by atoms with van der Waals surface area (Å²) in [4.78, 5) is 18.0. The van der Waals surface area contributed by atoms with Crippen molar-refractivity contribution >= 4 is 29.1 Å². The number of esters is 1. The first kappa shape index (κ1) is 20.2. The lowest BCUT2D eigenvalue weighted by Gasteiger charge is -2.08. The van der Waals surface area contributed by atoms with Gasteiger partial charge in [0.25, 0.3) is 0 Å². The van der Waals surface area contributed by atoms with Gasteiger partial charge >= 0.3 is 5.97 Å². The van der Waals surface area contributed by atoms with Crippen LogP contribution in [-0.4, -0.2) is 30.9 Å². The number of nitrogens with zero attached hydrogens (tertiary/aromatic N) is 1. The number of ether oxygens (including phenoxy) is 3. The number of hydrogen-bond donors (Lipinski definition) is 0. The van der Waals surface area contributed by atoms with Gasteiger partial charge in [-0.2, -0.15) is 0 Å². The quantitative estimate of drug-likeness (QED) is 0.368. The van der Waals surface area contributed by atoms with E-state index in [1.807, 2.05) is 41.8 Å². The van der Waals surface area contributed by atoms with E-state index in [2.05, 4.69) is 11.9 Å². The standard InChI is InChI=1S/C21H21NO4S2/c1-4-27-19-8-6-5-7-16(19)21(23)26-12-15-13-28-20(22-15)14-9-10-17(24-2)18(11-14)25-3/h5-11,13H,4,12H2,1-3H3. The molecule has 0 saturated heterocycles.